The Kier molecular flexibility index (Phi) is 18.8. The largest absolute Gasteiger partial charge is 0.463 e. The van der Waals surface area contributed by atoms with E-state index in [9.17, 15) is 71.2 Å². The molecule has 8 rings (SSSR count). The number of fused-ring (bicyclic) bond motifs is 5. The van der Waals surface area contributed by atoms with Crippen molar-refractivity contribution >= 4 is 5.97 Å². The molecule has 8 aliphatic rings. The molecule has 23 heteroatoms. The van der Waals surface area contributed by atoms with Crippen LogP contribution in [0.1, 0.15) is 127 Å². The second-order valence-electron chi connectivity index (χ2n) is 25.9. The Morgan fingerprint density at radius 1 is 0.641 bits per heavy atom. The zero-order valence-corrected chi connectivity index (χ0v) is 46.7. The molecule has 4 saturated carbocycles. The minimum atomic E-state index is -1.84. The molecule has 28 unspecified atom stereocenters. The molecule has 23 nitrogen and oxygen atoms in total. The van der Waals surface area contributed by atoms with E-state index in [2.05, 4.69) is 40.7 Å². The molecular weight excluding hydrogens is 1030 g/mol. The zero-order chi connectivity index (χ0) is 57.4. The molecule has 4 aliphatic carbocycles. The Morgan fingerprint density at radius 3 is 1.90 bits per heavy atom. The minimum Gasteiger partial charge on any atom is -0.463 e. The van der Waals surface area contributed by atoms with E-state index in [-0.39, 0.29) is 23.9 Å². The molecule has 4 saturated heterocycles. The van der Waals surface area contributed by atoms with Crippen LogP contribution >= 0.6 is 0 Å². The standard InChI is InChI=1S/C55H92O23/c1-25(2)12-10-16-54(9,78-48-44(69)40(65)37(62)30(74-48)24-72-46-42(67)35(60)27(58)22-71-46)55-17-11-15-53(55,8)52(7)19-13-31-50(4,5)34(14-18-51(31,6)32(52)20-33(55)59)76-49-45(41(66)38(63)29(75-49)23-70-26(3)57)77-47-43(68)39(64)36(61)28(21-56)73-47/h12,27-49,56,58-69H,10-11,13-24H2,1-9H3. The summed E-state index contributed by atoms with van der Waals surface area (Å²) in [5, 5.41) is 143. The molecule has 4 aliphatic heterocycles. The highest BCUT2D eigenvalue weighted by molar-refractivity contribution is 5.65. The van der Waals surface area contributed by atoms with Crippen molar-refractivity contribution in [2.24, 2.45) is 38.9 Å². The molecule has 4 heterocycles. The van der Waals surface area contributed by atoms with Gasteiger partial charge in [0, 0.05) is 12.3 Å². The molecular formula is C55H92O23. The predicted octanol–water partition coefficient (Wildman–Crippen LogP) is -0.849. The third-order valence-corrected chi connectivity index (χ3v) is 21.1. The van der Waals surface area contributed by atoms with Crippen LogP contribution in [0.4, 0.5) is 0 Å². The number of allylic oxidation sites excluding steroid dienone is 2. The van der Waals surface area contributed by atoms with Gasteiger partial charge >= 0.3 is 5.97 Å². The Bertz CT molecular complexity index is 2080. The molecule has 0 bridgehead atoms. The normalized spacial score (nSPS) is 51.1. The molecule has 0 aromatic heterocycles. The third kappa shape index (κ3) is 10.6. The van der Waals surface area contributed by atoms with Gasteiger partial charge in [0.25, 0.3) is 0 Å². The van der Waals surface area contributed by atoms with Gasteiger partial charge in [-0.15, -0.1) is 0 Å². The van der Waals surface area contributed by atoms with Gasteiger partial charge in [0.2, 0.25) is 0 Å². The smallest absolute Gasteiger partial charge is 0.302 e. The fraction of sp³-hybridized carbons (Fsp3) is 0.945. The average molecular weight is 1120 g/mol. The molecule has 450 valence electrons. The summed E-state index contributed by atoms with van der Waals surface area (Å²) < 4.78 is 54.7. The highest BCUT2D eigenvalue weighted by atomic mass is 16.8. The number of esters is 1. The molecule has 0 radical (unpaired) electrons. The number of aliphatic hydroxyl groups excluding tert-OH is 13. The molecule has 13 N–H and O–H groups in total. The SMILES string of the molecule is CC(=O)OCC1OC(OC2CCC3(C)C(CCC4(C)C3CC(O)C3(C(C)(CCC=C(C)C)OC5OC(COC6OCC(O)C(O)C6O)C(O)C(O)C5O)CCCC43C)C2(C)C)C(OC2OC(CO)C(O)C(O)C2O)C(O)C1O. The van der Waals surface area contributed by atoms with E-state index in [1.807, 2.05) is 20.8 Å². The van der Waals surface area contributed by atoms with Crippen LogP contribution in [-0.4, -0.2) is 233 Å². The number of carbonyl (C=O) groups excluding carboxylic acids is 1. The minimum absolute atomic E-state index is 0.0149. The predicted molar refractivity (Wildman–Crippen MR) is 270 cm³/mol. The molecule has 78 heavy (non-hydrogen) atoms. The van der Waals surface area contributed by atoms with Crippen LogP contribution in [-0.2, 0) is 47.4 Å². The molecule has 0 amide bonds. The fourth-order valence-corrected chi connectivity index (χ4v) is 16.7. The lowest BCUT2D eigenvalue weighted by molar-refractivity contribution is -0.382. The van der Waals surface area contributed by atoms with Crippen LogP contribution in [0.15, 0.2) is 11.6 Å². The van der Waals surface area contributed by atoms with E-state index in [4.69, 9.17) is 42.6 Å². The first-order valence-corrected chi connectivity index (χ1v) is 28.2. The second kappa shape index (κ2) is 23.4. The number of rotatable bonds is 16. The van der Waals surface area contributed by atoms with Crippen LogP contribution in [0.5, 0.6) is 0 Å². The molecule has 8 fully saturated rings. The lowest BCUT2D eigenvalue weighted by Gasteiger charge is -2.74. The van der Waals surface area contributed by atoms with Gasteiger partial charge < -0.3 is 109 Å². The van der Waals surface area contributed by atoms with Crippen LogP contribution in [0.3, 0.4) is 0 Å². The van der Waals surface area contributed by atoms with E-state index < -0.39 is 182 Å². The van der Waals surface area contributed by atoms with Gasteiger partial charge in [-0.05, 0) is 112 Å². The van der Waals surface area contributed by atoms with Crippen molar-refractivity contribution in [3.8, 4) is 0 Å². The first-order chi connectivity index (χ1) is 36.4. The lowest BCUT2D eigenvalue weighted by atomic mass is 9.31. The topological polar surface area (TPSA) is 363 Å². The van der Waals surface area contributed by atoms with Gasteiger partial charge in [-0.25, -0.2) is 0 Å². The molecule has 28 atom stereocenters. The monoisotopic (exact) mass is 1120 g/mol. The number of hydrogen-bond acceptors (Lipinski definition) is 23. The van der Waals surface area contributed by atoms with Crippen LogP contribution in [0.2, 0.25) is 0 Å². The van der Waals surface area contributed by atoms with Gasteiger partial charge in [-0.1, -0.05) is 52.7 Å². The number of carbonyl (C=O) groups is 1. The summed E-state index contributed by atoms with van der Waals surface area (Å²) in [7, 11) is 0. The van der Waals surface area contributed by atoms with Crippen molar-refractivity contribution in [2.75, 3.05) is 26.4 Å². The van der Waals surface area contributed by atoms with E-state index in [1.165, 1.54) is 6.92 Å². The highest BCUT2D eigenvalue weighted by Gasteiger charge is 2.78. The Balaban J connectivity index is 1.06. The number of ether oxygens (including phenoxy) is 9. The Morgan fingerprint density at radius 2 is 1.24 bits per heavy atom. The molecule has 0 aromatic rings. The van der Waals surface area contributed by atoms with Crippen LogP contribution < -0.4 is 0 Å². The van der Waals surface area contributed by atoms with Crippen molar-refractivity contribution in [3.63, 3.8) is 0 Å². The van der Waals surface area contributed by atoms with E-state index in [0.717, 1.165) is 31.3 Å². The highest BCUT2D eigenvalue weighted by Crippen LogP contribution is 2.80. The number of aliphatic hydroxyl groups is 13. The quantitative estimate of drug-likeness (QED) is 0.0509. The first kappa shape index (κ1) is 62.4. The zero-order valence-electron chi connectivity index (χ0n) is 46.7. The lowest BCUT2D eigenvalue weighted by Crippen LogP contribution is -2.74. The van der Waals surface area contributed by atoms with Crippen LogP contribution in [0.25, 0.3) is 0 Å². The maximum atomic E-state index is 13.3. The average Bonchev–Trinajstić information content (AvgIpc) is 3.50. The van der Waals surface area contributed by atoms with Gasteiger partial charge in [0.1, 0.15) is 98.2 Å². The van der Waals surface area contributed by atoms with Crippen molar-refractivity contribution in [1.82, 2.24) is 0 Å². The van der Waals surface area contributed by atoms with Gasteiger partial charge in [-0.3, -0.25) is 4.79 Å². The second-order valence-corrected chi connectivity index (χ2v) is 25.9. The summed E-state index contributed by atoms with van der Waals surface area (Å²) in [6.45, 7) is 16.4. The Hall–Kier alpha value is -1.63. The summed E-state index contributed by atoms with van der Waals surface area (Å²) in [4.78, 5) is 11.9. The maximum absolute atomic E-state index is 13.3. The maximum Gasteiger partial charge on any atom is 0.302 e. The molecule has 0 aromatic carbocycles. The van der Waals surface area contributed by atoms with Gasteiger partial charge in [0.15, 0.2) is 25.2 Å². The van der Waals surface area contributed by atoms with Crippen molar-refractivity contribution in [2.45, 2.75) is 261 Å². The molecule has 0 spiro atoms. The van der Waals surface area contributed by atoms with Crippen molar-refractivity contribution in [1.29, 1.82) is 0 Å². The van der Waals surface area contributed by atoms with Gasteiger partial charge in [0.05, 0.1) is 37.6 Å². The summed E-state index contributed by atoms with van der Waals surface area (Å²) >= 11 is 0. The first-order valence-electron chi connectivity index (χ1n) is 28.2. The summed E-state index contributed by atoms with van der Waals surface area (Å²) in [5.74, 6) is -0.707. The summed E-state index contributed by atoms with van der Waals surface area (Å²) in [5.41, 5.74) is -3.09. The van der Waals surface area contributed by atoms with Gasteiger partial charge in [-0.2, -0.15) is 0 Å². The summed E-state index contributed by atoms with van der Waals surface area (Å²) in [6.07, 6.45) is -23.4. The van der Waals surface area contributed by atoms with E-state index in [0.29, 0.717) is 38.5 Å². The summed E-state index contributed by atoms with van der Waals surface area (Å²) in [6, 6.07) is 0. The third-order valence-electron chi connectivity index (χ3n) is 21.1. The van der Waals surface area contributed by atoms with Crippen molar-refractivity contribution < 1.29 is 114 Å². The van der Waals surface area contributed by atoms with Crippen molar-refractivity contribution in [3.05, 3.63) is 11.6 Å². The fourth-order valence-electron chi connectivity index (χ4n) is 16.7. The van der Waals surface area contributed by atoms with Crippen LogP contribution in [0, 0.1) is 38.9 Å². The van der Waals surface area contributed by atoms with E-state index in [1.54, 1.807) is 0 Å². The number of hydrogen-bond donors (Lipinski definition) is 13. The van der Waals surface area contributed by atoms with E-state index >= 15 is 0 Å². The Labute approximate surface area is 456 Å².